The van der Waals surface area contributed by atoms with Crippen molar-refractivity contribution in [3.05, 3.63) is 0 Å². The highest BCUT2D eigenvalue weighted by atomic mass is 16.5. The van der Waals surface area contributed by atoms with Crippen molar-refractivity contribution in [3.63, 3.8) is 0 Å². The molecule has 4 nitrogen and oxygen atoms in total. The zero-order valence-electron chi connectivity index (χ0n) is 13.5. The monoisotopic (exact) mass is 284 g/mol. The van der Waals surface area contributed by atoms with Gasteiger partial charge in [0.2, 0.25) is 0 Å². The molecule has 2 aliphatic rings. The first-order chi connectivity index (χ1) is 9.44. The molecule has 2 aliphatic heterocycles. The summed E-state index contributed by atoms with van der Waals surface area (Å²) in [6, 6.07) is 0.789. The molecule has 0 radical (unpaired) electrons. The first kappa shape index (κ1) is 16.2. The third-order valence-electron chi connectivity index (χ3n) is 4.39. The summed E-state index contributed by atoms with van der Waals surface area (Å²) in [5, 5.41) is 10.1. The van der Waals surface area contributed by atoms with Crippen LogP contribution in [0.2, 0.25) is 0 Å². The van der Waals surface area contributed by atoms with E-state index in [4.69, 9.17) is 4.74 Å². The number of nitrogens with zero attached hydrogens (tertiary/aromatic N) is 2. The van der Waals surface area contributed by atoms with Crippen LogP contribution in [0.15, 0.2) is 0 Å². The molecule has 0 bridgehead atoms. The number of aliphatic hydroxyl groups is 1. The van der Waals surface area contributed by atoms with E-state index in [1.54, 1.807) is 0 Å². The summed E-state index contributed by atoms with van der Waals surface area (Å²) in [4.78, 5) is 5.06. The van der Waals surface area contributed by atoms with Crippen molar-refractivity contribution in [2.45, 2.75) is 64.2 Å². The molecule has 0 amide bonds. The fourth-order valence-corrected chi connectivity index (χ4v) is 3.27. The molecule has 0 aromatic carbocycles. The molecule has 4 heteroatoms. The number of hydrogen-bond acceptors (Lipinski definition) is 4. The molecule has 1 atom stereocenters. The standard InChI is InChI=1S/C16H32N2O2/c1-16(2,3)20-13-15(19)12-17-10-6-14(7-11-17)18-8-4-5-9-18/h14-15,19H,4-13H2,1-3H3. The lowest BCUT2D eigenvalue weighted by atomic mass is 10.0. The Morgan fingerprint density at radius 1 is 1.10 bits per heavy atom. The lowest BCUT2D eigenvalue weighted by molar-refractivity contribution is -0.0582. The van der Waals surface area contributed by atoms with E-state index in [1.807, 2.05) is 20.8 Å². The van der Waals surface area contributed by atoms with Gasteiger partial charge in [-0.2, -0.15) is 0 Å². The van der Waals surface area contributed by atoms with E-state index < -0.39 is 0 Å². The van der Waals surface area contributed by atoms with Gasteiger partial charge >= 0.3 is 0 Å². The molecule has 2 heterocycles. The second kappa shape index (κ2) is 7.21. The number of β-amino-alcohol motifs (C(OH)–C–C–N with tert-alkyl or cyclic N) is 1. The van der Waals surface area contributed by atoms with Crippen LogP contribution in [0.3, 0.4) is 0 Å². The second-order valence-electron chi connectivity index (χ2n) is 7.35. The SMILES string of the molecule is CC(C)(C)OCC(O)CN1CCC(N2CCCC2)CC1. The summed E-state index contributed by atoms with van der Waals surface area (Å²) < 4.78 is 5.65. The molecule has 2 saturated heterocycles. The predicted molar refractivity (Wildman–Crippen MR) is 82.0 cm³/mol. The maximum atomic E-state index is 10.1. The van der Waals surface area contributed by atoms with Crippen LogP contribution in [0.25, 0.3) is 0 Å². The third-order valence-corrected chi connectivity index (χ3v) is 4.39. The smallest absolute Gasteiger partial charge is 0.0900 e. The average Bonchev–Trinajstić information content (AvgIpc) is 2.90. The summed E-state index contributed by atoms with van der Waals surface area (Å²) in [5.74, 6) is 0. The zero-order chi connectivity index (χ0) is 14.6. The van der Waals surface area contributed by atoms with E-state index in [0.717, 1.165) is 25.7 Å². The van der Waals surface area contributed by atoms with Crippen molar-refractivity contribution in [1.82, 2.24) is 9.80 Å². The summed E-state index contributed by atoms with van der Waals surface area (Å²) in [6.07, 6.45) is 4.91. The Morgan fingerprint density at radius 3 is 2.25 bits per heavy atom. The number of rotatable bonds is 5. The van der Waals surface area contributed by atoms with E-state index in [1.165, 1.54) is 38.8 Å². The molecule has 2 rings (SSSR count). The van der Waals surface area contributed by atoms with Gasteiger partial charge in [-0.05, 0) is 72.6 Å². The second-order valence-corrected chi connectivity index (χ2v) is 7.35. The first-order valence-electron chi connectivity index (χ1n) is 8.22. The van der Waals surface area contributed by atoms with Gasteiger partial charge in [-0.1, -0.05) is 0 Å². The predicted octanol–water partition coefficient (Wildman–Crippen LogP) is 1.72. The Hall–Kier alpha value is -0.160. The number of hydrogen-bond donors (Lipinski definition) is 1. The van der Waals surface area contributed by atoms with Gasteiger partial charge in [0.15, 0.2) is 0 Å². The van der Waals surface area contributed by atoms with Crippen LogP contribution >= 0.6 is 0 Å². The number of ether oxygens (including phenoxy) is 1. The van der Waals surface area contributed by atoms with Crippen molar-refractivity contribution in [3.8, 4) is 0 Å². The van der Waals surface area contributed by atoms with Crippen LogP contribution in [-0.2, 0) is 4.74 Å². The van der Waals surface area contributed by atoms with E-state index in [9.17, 15) is 5.11 Å². The molecule has 20 heavy (non-hydrogen) atoms. The molecular weight excluding hydrogens is 252 g/mol. The number of aliphatic hydroxyl groups excluding tert-OH is 1. The molecule has 0 aromatic heterocycles. The minimum Gasteiger partial charge on any atom is -0.389 e. The summed E-state index contributed by atoms with van der Waals surface area (Å²) in [5.41, 5.74) is -0.163. The average molecular weight is 284 g/mol. The maximum absolute atomic E-state index is 10.1. The maximum Gasteiger partial charge on any atom is 0.0900 e. The van der Waals surface area contributed by atoms with Crippen LogP contribution in [0.1, 0.15) is 46.5 Å². The molecule has 2 fully saturated rings. The van der Waals surface area contributed by atoms with Gasteiger partial charge in [0, 0.05) is 12.6 Å². The Bertz CT molecular complexity index is 277. The fourth-order valence-electron chi connectivity index (χ4n) is 3.27. The number of likely N-dealkylation sites (tertiary alicyclic amines) is 2. The molecule has 1 N–H and O–H groups in total. The Morgan fingerprint density at radius 2 is 1.70 bits per heavy atom. The topological polar surface area (TPSA) is 35.9 Å². The Labute approximate surface area is 124 Å². The van der Waals surface area contributed by atoms with Gasteiger partial charge in [0.05, 0.1) is 18.3 Å². The zero-order valence-corrected chi connectivity index (χ0v) is 13.5. The largest absolute Gasteiger partial charge is 0.389 e. The minimum atomic E-state index is -0.363. The molecular formula is C16H32N2O2. The molecule has 0 saturated carbocycles. The molecule has 0 aromatic rings. The quantitative estimate of drug-likeness (QED) is 0.834. The van der Waals surface area contributed by atoms with Crippen molar-refractivity contribution >= 4 is 0 Å². The highest BCUT2D eigenvalue weighted by Gasteiger charge is 2.27. The van der Waals surface area contributed by atoms with Gasteiger partial charge in [-0.3, -0.25) is 0 Å². The lowest BCUT2D eigenvalue weighted by Gasteiger charge is -2.37. The molecule has 1 unspecified atom stereocenters. The van der Waals surface area contributed by atoms with Crippen LogP contribution in [0.4, 0.5) is 0 Å². The summed E-state index contributed by atoms with van der Waals surface area (Å²) in [7, 11) is 0. The van der Waals surface area contributed by atoms with Gasteiger partial charge in [0.25, 0.3) is 0 Å². The lowest BCUT2D eigenvalue weighted by Crippen LogP contribution is -2.46. The van der Waals surface area contributed by atoms with Crippen molar-refractivity contribution in [2.75, 3.05) is 39.3 Å². The van der Waals surface area contributed by atoms with Crippen molar-refractivity contribution < 1.29 is 9.84 Å². The number of piperidine rings is 1. The van der Waals surface area contributed by atoms with E-state index in [-0.39, 0.29) is 11.7 Å². The summed E-state index contributed by atoms with van der Waals surface area (Å²) in [6.45, 7) is 12.1. The third kappa shape index (κ3) is 5.32. The summed E-state index contributed by atoms with van der Waals surface area (Å²) >= 11 is 0. The van der Waals surface area contributed by atoms with Crippen LogP contribution < -0.4 is 0 Å². The van der Waals surface area contributed by atoms with Crippen LogP contribution in [0.5, 0.6) is 0 Å². The minimum absolute atomic E-state index is 0.163. The van der Waals surface area contributed by atoms with E-state index in [2.05, 4.69) is 9.80 Å². The van der Waals surface area contributed by atoms with E-state index >= 15 is 0 Å². The van der Waals surface area contributed by atoms with Gasteiger partial charge < -0.3 is 19.6 Å². The first-order valence-corrected chi connectivity index (χ1v) is 8.22. The van der Waals surface area contributed by atoms with Crippen molar-refractivity contribution in [1.29, 1.82) is 0 Å². The van der Waals surface area contributed by atoms with E-state index in [0.29, 0.717) is 6.61 Å². The Balaban J connectivity index is 1.63. The molecule has 0 spiro atoms. The molecule has 118 valence electrons. The van der Waals surface area contributed by atoms with Crippen molar-refractivity contribution in [2.24, 2.45) is 0 Å². The van der Waals surface area contributed by atoms with Gasteiger partial charge in [-0.25, -0.2) is 0 Å². The van der Waals surface area contributed by atoms with Gasteiger partial charge in [0.1, 0.15) is 0 Å². The fraction of sp³-hybridized carbons (Fsp3) is 1.00. The van der Waals surface area contributed by atoms with Crippen LogP contribution in [-0.4, -0.2) is 72.0 Å². The van der Waals surface area contributed by atoms with Gasteiger partial charge in [-0.15, -0.1) is 0 Å². The highest BCUT2D eigenvalue weighted by Crippen LogP contribution is 2.21. The Kier molecular flexibility index (Phi) is 5.84. The van der Waals surface area contributed by atoms with Crippen LogP contribution in [0, 0.1) is 0 Å². The normalized spacial score (nSPS) is 25.2. The highest BCUT2D eigenvalue weighted by molar-refractivity contribution is 4.83. The molecule has 0 aliphatic carbocycles.